The van der Waals surface area contributed by atoms with Crippen LogP contribution >= 0.6 is 0 Å². The highest BCUT2D eigenvalue weighted by Crippen LogP contribution is 2.18. The van der Waals surface area contributed by atoms with Crippen molar-refractivity contribution in [1.29, 1.82) is 0 Å². The molecule has 0 saturated carbocycles. The fourth-order valence-corrected chi connectivity index (χ4v) is 2.85. The Bertz CT molecular complexity index is 573. The van der Waals surface area contributed by atoms with Gasteiger partial charge in [0.1, 0.15) is 6.26 Å². The highest BCUT2D eigenvalue weighted by atomic mass is 16.3. The van der Waals surface area contributed by atoms with E-state index < -0.39 is 6.04 Å². The summed E-state index contributed by atoms with van der Waals surface area (Å²) in [6, 6.07) is 0.953. The van der Waals surface area contributed by atoms with Crippen LogP contribution in [0.4, 0.5) is 0 Å². The monoisotopic (exact) mass is 336 g/mol. The zero-order valence-electron chi connectivity index (χ0n) is 14.0. The molecule has 3 N–H and O–H groups in total. The third-order valence-electron chi connectivity index (χ3n) is 3.90. The van der Waals surface area contributed by atoms with Gasteiger partial charge in [0, 0.05) is 25.7 Å². The van der Waals surface area contributed by atoms with Gasteiger partial charge in [0.05, 0.1) is 24.4 Å². The largest absolute Gasteiger partial charge is 0.472 e. The number of likely N-dealkylation sites (tertiary alicyclic amines) is 1. The number of hydrogen-bond acceptors (Lipinski definition) is 5. The van der Waals surface area contributed by atoms with E-state index in [0.717, 1.165) is 0 Å². The highest BCUT2D eigenvalue weighted by molar-refractivity contribution is 5.94. The van der Waals surface area contributed by atoms with Gasteiger partial charge in [-0.3, -0.25) is 19.3 Å². The molecule has 0 unspecified atom stereocenters. The van der Waals surface area contributed by atoms with Crippen LogP contribution in [-0.2, 0) is 9.59 Å². The normalized spacial score (nSPS) is 20.6. The Morgan fingerprint density at radius 2 is 2.00 bits per heavy atom. The molecule has 8 heteroatoms. The maximum Gasteiger partial charge on any atom is 0.254 e. The van der Waals surface area contributed by atoms with E-state index in [1.54, 1.807) is 11.0 Å². The summed E-state index contributed by atoms with van der Waals surface area (Å²) in [6.45, 7) is 5.34. The zero-order chi connectivity index (χ0) is 17.5. The van der Waals surface area contributed by atoms with Gasteiger partial charge in [0.25, 0.3) is 5.91 Å². The van der Waals surface area contributed by atoms with E-state index in [1.807, 2.05) is 13.8 Å². The van der Waals surface area contributed by atoms with Crippen molar-refractivity contribution in [1.82, 2.24) is 20.9 Å². The summed E-state index contributed by atoms with van der Waals surface area (Å²) in [5.74, 6) is -0.501. The van der Waals surface area contributed by atoms with Gasteiger partial charge in [0.2, 0.25) is 11.8 Å². The van der Waals surface area contributed by atoms with E-state index in [1.165, 1.54) is 12.5 Å². The summed E-state index contributed by atoms with van der Waals surface area (Å²) in [5.41, 5.74) is 0.437. The van der Waals surface area contributed by atoms with Gasteiger partial charge in [-0.25, -0.2) is 0 Å². The topological polar surface area (TPSA) is 104 Å². The molecular weight excluding hydrogens is 312 g/mol. The lowest BCUT2D eigenvalue weighted by atomic mass is 10.1. The number of carbonyl (C=O) groups excluding carboxylic acids is 3. The molecule has 0 aliphatic carbocycles. The van der Waals surface area contributed by atoms with E-state index in [-0.39, 0.29) is 30.3 Å². The minimum Gasteiger partial charge on any atom is -0.472 e. The van der Waals surface area contributed by atoms with E-state index in [9.17, 15) is 14.4 Å². The zero-order valence-corrected chi connectivity index (χ0v) is 14.0. The minimum absolute atomic E-state index is 0.123. The second-order valence-electron chi connectivity index (χ2n) is 5.71. The number of amides is 3. The van der Waals surface area contributed by atoms with Gasteiger partial charge in [-0.05, 0) is 26.3 Å². The third kappa shape index (κ3) is 4.58. The molecule has 132 valence electrons. The van der Waals surface area contributed by atoms with E-state index in [0.29, 0.717) is 31.6 Å². The van der Waals surface area contributed by atoms with Crippen molar-refractivity contribution >= 4 is 17.7 Å². The molecule has 2 rings (SSSR count). The van der Waals surface area contributed by atoms with Crippen molar-refractivity contribution in [2.75, 3.05) is 26.2 Å². The van der Waals surface area contributed by atoms with E-state index >= 15 is 0 Å². The smallest absolute Gasteiger partial charge is 0.254 e. The van der Waals surface area contributed by atoms with Gasteiger partial charge >= 0.3 is 0 Å². The maximum atomic E-state index is 12.2. The first kappa shape index (κ1) is 18.0. The summed E-state index contributed by atoms with van der Waals surface area (Å²) in [6.07, 6.45) is 3.27. The lowest BCUT2D eigenvalue weighted by Crippen LogP contribution is -2.47. The maximum absolute atomic E-state index is 12.2. The molecule has 1 fully saturated rings. The Morgan fingerprint density at radius 1 is 1.25 bits per heavy atom. The molecule has 8 nitrogen and oxygen atoms in total. The molecule has 1 saturated heterocycles. The summed E-state index contributed by atoms with van der Waals surface area (Å²) in [4.78, 5) is 38.0. The Balaban J connectivity index is 2.00. The summed E-state index contributed by atoms with van der Waals surface area (Å²) < 4.78 is 4.90. The number of carbonyl (C=O) groups is 3. The molecule has 0 radical (unpaired) electrons. The van der Waals surface area contributed by atoms with Crippen LogP contribution < -0.4 is 16.0 Å². The lowest BCUT2D eigenvalue weighted by Gasteiger charge is -2.22. The first-order valence-corrected chi connectivity index (χ1v) is 8.16. The molecule has 0 spiro atoms. The van der Waals surface area contributed by atoms with Crippen molar-refractivity contribution in [2.45, 2.75) is 32.4 Å². The SMILES string of the molecule is CCNC(=O)CN1C[C@@H](NC(=O)c2ccoc2)C[C@H]1C(=O)NCC. The van der Waals surface area contributed by atoms with Gasteiger partial charge in [-0.2, -0.15) is 0 Å². The molecule has 3 amide bonds. The Kier molecular flexibility index (Phi) is 6.36. The van der Waals surface area contributed by atoms with Crippen molar-refractivity contribution < 1.29 is 18.8 Å². The minimum atomic E-state index is -0.429. The number of nitrogens with one attached hydrogen (secondary N) is 3. The highest BCUT2D eigenvalue weighted by Gasteiger charge is 2.38. The number of likely N-dealkylation sites (N-methyl/N-ethyl adjacent to an activating group) is 2. The number of hydrogen-bond donors (Lipinski definition) is 3. The van der Waals surface area contributed by atoms with Gasteiger partial charge in [0.15, 0.2) is 0 Å². The summed E-state index contributed by atoms with van der Waals surface area (Å²) >= 11 is 0. The molecule has 1 aromatic rings. The van der Waals surface area contributed by atoms with Crippen LogP contribution in [0.3, 0.4) is 0 Å². The lowest BCUT2D eigenvalue weighted by molar-refractivity contribution is -0.127. The van der Waals surface area contributed by atoms with Gasteiger partial charge in [-0.1, -0.05) is 0 Å². The first-order valence-electron chi connectivity index (χ1n) is 8.16. The van der Waals surface area contributed by atoms with E-state index in [4.69, 9.17) is 4.42 Å². The number of nitrogens with zero attached hydrogens (tertiary/aromatic N) is 1. The summed E-state index contributed by atoms with van der Waals surface area (Å²) in [5, 5.41) is 8.41. The van der Waals surface area contributed by atoms with E-state index in [2.05, 4.69) is 16.0 Å². The van der Waals surface area contributed by atoms with Crippen molar-refractivity contribution in [2.24, 2.45) is 0 Å². The molecule has 24 heavy (non-hydrogen) atoms. The molecular formula is C16H24N4O4. The fourth-order valence-electron chi connectivity index (χ4n) is 2.85. The second kappa shape index (κ2) is 8.49. The number of furan rings is 1. The molecule has 0 bridgehead atoms. The van der Waals surface area contributed by atoms with Crippen LogP contribution in [0.5, 0.6) is 0 Å². The van der Waals surface area contributed by atoms with Gasteiger partial charge < -0.3 is 20.4 Å². The molecule has 1 aliphatic heterocycles. The van der Waals surface area contributed by atoms with Crippen molar-refractivity contribution in [3.63, 3.8) is 0 Å². The fraction of sp³-hybridized carbons (Fsp3) is 0.562. The van der Waals surface area contributed by atoms with Crippen LogP contribution in [0.2, 0.25) is 0 Å². The first-order chi connectivity index (χ1) is 11.5. The van der Waals surface area contributed by atoms with Crippen LogP contribution in [-0.4, -0.2) is 60.9 Å². The quantitative estimate of drug-likeness (QED) is 0.636. The Morgan fingerprint density at radius 3 is 2.62 bits per heavy atom. The average Bonchev–Trinajstić information content (AvgIpc) is 3.17. The Labute approximate surface area is 140 Å². The van der Waals surface area contributed by atoms with Crippen molar-refractivity contribution in [3.8, 4) is 0 Å². The van der Waals surface area contributed by atoms with Crippen LogP contribution in [0, 0.1) is 0 Å². The molecule has 0 aromatic carbocycles. The van der Waals surface area contributed by atoms with Crippen molar-refractivity contribution in [3.05, 3.63) is 24.2 Å². The van der Waals surface area contributed by atoms with Crippen LogP contribution in [0.1, 0.15) is 30.6 Å². The molecule has 2 heterocycles. The third-order valence-corrected chi connectivity index (χ3v) is 3.90. The van der Waals surface area contributed by atoms with Crippen LogP contribution in [0.15, 0.2) is 23.0 Å². The average molecular weight is 336 g/mol. The predicted octanol–water partition coefficient (Wildman–Crippen LogP) is -0.275. The van der Waals surface area contributed by atoms with Gasteiger partial charge in [-0.15, -0.1) is 0 Å². The predicted molar refractivity (Wildman–Crippen MR) is 87.3 cm³/mol. The summed E-state index contributed by atoms with van der Waals surface area (Å²) in [7, 11) is 0. The molecule has 1 aliphatic rings. The molecule has 2 atom stereocenters. The second-order valence-corrected chi connectivity index (χ2v) is 5.71. The van der Waals surface area contributed by atoms with Crippen LogP contribution in [0.25, 0.3) is 0 Å². The number of rotatable bonds is 7. The standard InChI is InChI=1S/C16H24N4O4/c1-3-17-14(21)9-20-8-12(7-13(20)16(23)18-4-2)19-15(22)11-5-6-24-10-11/h5-6,10,12-13H,3-4,7-9H2,1-2H3,(H,17,21)(H,18,23)(H,19,22)/t12-,13-/m0/s1. The Hall–Kier alpha value is -2.35. The molecule has 1 aromatic heterocycles.